The van der Waals surface area contributed by atoms with E-state index in [1.165, 1.54) is 21.3 Å². The predicted octanol–water partition coefficient (Wildman–Crippen LogP) is 10.8. The van der Waals surface area contributed by atoms with Crippen molar-refractivity contribution in [2.75, 3.05) is 60.6 Å². The zero-order valence-corrected chi connectivity index (χ0v) is 57.8. The number of ether oxygens (including phenoxy) is 3. The Labute approximate surface area is 578 Å². The summed E-state index contributed by atoms with van der Waals surface area (Å²) in [6.07, 6.45) is 8.73. The second-order valence-electron chi connectivity index (χ2n) is 25.7. The molecule has 0 spiro atoms. The number of carbonyl (C=O) groups is 6. The summed E-state index contributed by atoms with van der Waals surface area (Å²) < 4.78 is 15.1. The zero-order valence-electron chi connectivity index (χ0n) is 57.8. The molecule has 2 fully saturated rings. The van der Waals surface area contributed by atoms with Crippen molar-refractivity contribution < 1.29 is 43.0 Å². The normalized spacial score (nSPS) is 16.9. The molecule has 6 aromatic rings. The number of benzene rings is 6. The molecule has 9 rings (SSSR count). The number of methoxy groups -OCH3 is 3. The number of nitrogens with one attached hydrogen (secondary N) is 3. The van der Waals surface area contributed by atoms with Gasteiger partial charge in [0.05, 0.1) is 56.5 Å². The topological polar surface area (TPSA) is 280 Å². The largest absolute Gasteiger partial charge is 0.469 e. The second-order valence-corrected chi connectivity index (χ2v) is 25.7. The minimum Gasteiger partial charge on any atom is -0.469 e. The summed E-state index contributed by atoms with van der Waals surface area (Å²) >= 11 is 0. The van der Waals surface area contributed by atoms with Crippen molar-refractivity contribution >= 4 is 35.6 Å². The highest BCUT2D eigenvalue weighted by molar-refractivity contribution is 5.97. The monoisotopic (exact) mass is 1330 g/mol. The number of amides is 3. The van der Waals surface area contributed by atoms with Crippen LogP contribution in [0.2, 0.25) is 0 Å². The molecule has 0 radical (unpaired) electrons. The van der Waals surface area contributed by atoms with E-state index in [1.807, 2.05) is 159 Å². The van der Waals surface area contributed by atoms with E-state index in [0.717, 1.165) is 109 Å². The summed E-state index contributed by atoms with van der Waals surface area (Å²) in [5, 5.41) is 8.97. The minimum atomic E-state index is -0.496. The third kappa shape index (κ3) is 21.9. The van der Waals surface area contributed by atoms with E-state index in [-0.39, 0.29) is 59.5 Å². The number of carbonyl (C=O) groups excluding carboxylic acids is 6. The lowest BCUT2D eigenvalue weighted by atomic mass is 9.85. The van der Waals surface area contributed by atoms with Crippen LogP contribution in [0.15, 0.2) is 207 Å². The van der Waals surface area contributed by atoms with Crippen LogP contribution in [0.4, 0.5) is 0 Å². The second kappa shape index (κ2) is 37.4. The maximum atomic E-state index is 12.9. The van der Waals surface area contributed by atoms with Crippen LogP contribution in [0.5, 0.6) is 0 Å². The predicted molar refractivity (Wildman–Crippen MR) is 388 cm³/mol. The van der Waals surface area contributed by atoms with Crippen molar-refractivity contribution in [3.63, 3.8) is 0 Å². The maximum absolute atomic E-state index is 12.9. The molecule has 2 unspecified atom stereocenters. The van der Waals surface area contributed by atoms with Gasteiger partial charge in [-0.05, 0) is 165 Å². The van der Waals surface area contributed by atoms with Crippen LogP contribution in [-0.4, -0.2) is 129 Å². The molecule has 0 aromatic heterocycles. The summed E-state index contributed by atoms with van der Waals surface area (Å²) in [4.78, 5) is 82.3. The fraction of sp³-hybridized carbons (Fsp3) is 0.367. The number of nitrogens with zero attached hydrogens (tertiary/aromatic N) is 3. The lowest BCUT2D eigenvalue weighted by Gasteiger charge is -2.36. The molecular weight excluding hydrogens is 1230 g/mol. The third-order valence-electron chi connectivity index (χ3n) is 18.7. The number of piperidine rings is 2. The molecule has 2 saturated heterocycles. The van der Waals surface area contributed by atoms with Crippen molar-refractivity contribution in [2.24, 2.45) is 52.5 Å². The summed E-state index contributed by atoms with van der Waals surface area (Å²) in [6, 6.07) is 49.2. The Bertz CT molecular complexity index is 3680. The molecule has 8 atom stereocenters. The average molecular weight is 1330 g/mol. The van der Waals surface area contributed by atoms with Gasteiger partial charge in [0.2, 0.25) is 0 Å². The molecule has 19 heteroatoms. The smallest absolute Gasteiger partial charge is 0.311 e. The summed E-state index contributed by atoms with van der Waals surface area (Å²) in [7, 11) is 4.15. The molecule has 0 aliphatic carbocycles. The number of hydrogen-bond acceptors (Lipinski definition) is 16. The molecule has 3 aliphatic heterocycles. The molecule has 11 N–H and O–H groups in total. The Morgan fingerprint density at radius 3 is 1.20 bits per heavy atom. The zero-order chi connectivity index (χ0) is 70.8. The van der Waals surface area contributed by atoms with Crippen molar-refractivity contribution in [2.45, 2.75) is 96.8 Å². The number of likely N-dealkylation sites (tertiary alicyclic amines) is 2. The van der Waals surface area contributed by atoms with Crippen LogP contribution in [0.1, 0.15) is 109 Å². The molecule has 520 valence electrons. The molecule has 3 heterocycles. The van der Waals surface area contributed by atoms with Crippen molar-refractivity contribution in [1.29, 1.82) is 0 Å². The van der Waals surface area contributed by atoms with Gasteiger partial charge in [-0.1, -0.05) is 147 Å². The van der Waals surface area contributed by atoms with E-state index in [1.54, 1.807) is 24.3 Å². The van der Waals surface area contributed by atoms with E-state index < -0.39 is 23.8 Å². The van der Waals surface area contributed by atoms with Crippen LogP contribution in [-0.2, 0) is 35.1 Å². The van der Waals surface area contributed by atoms with Gasteiger partial charge in [-0.25, -0.2) is 0 Å². The molecule has 98 heavy (non-hydrogen) atoms. The third-order valence-corrected chi connectivity index (χ3v) is 18.7. The molecule has 6 aromatic carbocycles. The number of hydrogen-bond donors (Lipinski definition) is 7. The Balaban J connectivity index is 0.000000207. The molecule has 0 saturated carbocycles. The minimum absolute atomic E-state index is 0.202. The van der Waals surface area contributed by atoms with Crippen LogP contribution >= 0.6 is 0 Å². The quantitative estimate of drug-likeness (QED) is 0.0159. The van der Waals surface area contributed by atoms with Crippen molar-refractivity contribution in [3.05, 3.63) is 229 Å². The lowest BCUT2D eigenvalue weighted by molar-refractivity contribution is -0.148. The van der Waals surface area contributed by atoms with E-state index in [2.05, 4.69) is 51.6 Å². The van der Waals surface area contributed by atoms with Gasteiger partial charge in [0.1, 0.15) is 0 Å². The number of rotatable bonds is 25. The van der Waals surface area contributed by atoms with E-state index >= 15 is 0 Å². The first kappa shape index (κ1) is 75.2. The van der Waals surface area contributed by atoms with Crippen LogP contribution in [0, 0.1) is 29.6 Å². The Kier molecular flexibility index (Phi) is 28.7. The summed E-state index contributed by atoms with van der Waals surface area (Å²) in [5.41, 5.74) is 33.4. The van der Waals surface area contributed by atoms with Gasteiger partial charge < -0.3 is 67.8 Å². The standard InChI is InChI=1S/C27H36N4O3.C26H33N3O3.C26H31N3O3/c1-18(25(27(33)34-3)15-21-7-5-13-31(17-21)19(2)29)30-26(32)23-11-9-22(10-12-23)24-8-4-6-20(14-24)16-28;2*1-18(24(26(31)32-3)16-20-8-7-15-29(17-20)19(2)27)28-25(30)23-13-11-22(12-14-23)21-9-5-4-6-10-21/h4,6,8-12,14,18,21,25H,2,5,7,13,15-17,28-29H2,1,3H3,(H,30,32);4-6,9-14,18,20,24H,2,7-8,15-17,27H2,1,3H3,(H,28,30);4-6,8-14,18,24H,2,7,15-17,27H2,1,3H3,(H,28,30)/t18-,21?,25-;18-,20?,24-;18-,24-/m111/s1. The van der Waals surface area contributed by atoms with Gasteiger partial charge in [0, 0.05) is 80.6 Å². The highest BCUT2D eigenvalue weighted by Gasteiger charge is 2.35. The Morgan fingerprint density at radius 2 is 0.827 bits per heavy atom. The lowest BCUT2D eigenvalue weighted by Crippen LogP contribution is -2.44. The van der Waals surface area contributed by atoms with E-state index in [0.29, 0.717) is 66.5 Å². The highest BCUT2D eigenvalue weighted by Crippen LogP contribution is 2.31. The SMILES string of the molecule is C=C(N)N1CCC=C(C[C@@H](C(=O)OC)[C@@H](C)NC(=O)c2ccc(-c3ccccc3)cc2)C1.C=C(N)N1CCCC(C[C@@H](C(=O)OC)[C@@H](C)NC(=O)c2ccc(-c3cccc(CN)c3)cc2)C1.C=C(N)N1CCCC(C[C@@H](C(=O)OC)[C@@H](C)NC(=O)c2ccc(-c3ccccc3)cc2)C1. The van der Waals surface area contributed by atoms with Crippen LogP contribution in [0.25, 0.3) is 33.4 Å². The number of esters is 3. The van der Waals surface area contributed by atoms with Crippen LogP contribution in [0.3, 0.4) is 0 Å². The fourth-order valence-corrected chi connectivity index (χ4v) is 12.9. The maximum Gasteiger partial charge on any atom is 0.311 e. The van der Waals surface area contributed by atoms with Gasteiger partial charge in [-0.2, -0.15) is 0 Å². The van der Waals surface area contributed by atoms with Gasteiger partial charge in [-0.3, -0.25) is 28.8 Å². The van der Waals surface area contributed by atoms with Gasteiger partial charge in [0.15, 0.2) is 0 Å². The summed E-state index contributed by atoms with van der Waals surface area (Å²) in [5.74, 6) is -0.768. The molecule has 3 amide bonds. The van der Waals surface area contributed by atoms with Crippen molar-refractivity contribution in [3.8, 4) is 33.4 Å². The molecular formula is C79H100N10O9. The first-order chi connectivity index (χ1) is 47.1. The fourth-order valence-electron chi connectivity index (χ4n) is 12.9. The molecule has 0 bridgehead atoms. The van der Waals surface area contributed by atoms with E-state index in [4.69, 9.17) is 37.1 Å². The molecule has 3 aliphatic rings. The molecule has 19 nitrogen and oxygen atoms in total. The van der Waals surface area contributed by atoms with Gasteiger partial charge in [0.25, 0.3) is 17.7 Å². The average Bonchev–Trinajstić information content (AvgIpc) is 0.935. The summed E-state index contributed by atoms with van der Waals surface area (Å²) in [6.45, 7) is 22.2. The highest BCUT2D eigenvalue weighted by atomic mass is 16.5. The van der Waals surface area contributed by atoms with Crippen molar-refractivity contribution in [1.82, 2.24) is 30.7 Å². The first-order valence-electron chi connectivity index (χ1n) is 33.7. The number of nitrogens with two attached hydrogens (primary N) is 4. The Morgan fingerprint density at radius 1 is 0.469 bits per heavy atom. The van der Waals surface area contributed by atoms with Crippen LogP contribution < -0.4 is 38.9 Å². The van der Waals surface area contributed by atoms with E-state index in [9.17, 15) is 28.8 Å². The van der Waals surface area contributed by atoms with Gasteiger partial charge >= 0.3 is 17.9 Å². The Hall–Kier alpha value is -10.1. The first-order valence-corrected chi connectivity index (χ1v) is 33.7. The van der Waals surface area contributed by atoms with Gasteiger partial charge in [-0.15, -0.1) is 0 Å².